The van der Waals surface area contributed by atoms with Crippen molar-refractivity contribution in [2.24, 2.45) is 5.92 Å². The van der Waals surface area contributed by atoms with Gasteiger partial charge in [-0.2, -0.15) is 0 Å². The number of benzene rings is 3. The highest BCUT2D eigenvalue weighted by Crippen LogP contribution is 2.39. The van der Waals surface area contributed by atoms with Crippen LogP contribution in [0.5, 0.6) is 5.75 Å². The van der Waals surface area contributed by atoms with Crippen molar-refractivity contribution in [1.29, 1.82) is 0 Å². The minimum Gasteiger partial charge on any atom is -0.493 e. The predicted octanol–water partition coefficient (Wildman–Crippen LogP) is 8.25. The molecule has 1 aliphatic heterocycles. The molecule has 1 saturated heterocycles. The Labute approximate surface area is 281 Å². The number of carbonyl (C=O) groups is 2. The van der Waals surface area contributed by atoms with Crippen LogP contribution in [0.25, 0.3) is 11.1 Å². The van der Waals surface area contributed by atoms with Gasteiger partial charge in [0.1, 0.15) is 11.4 Å². The first-order chi connectivity index (χ1) is 22.6. The number of amides is 2. The zero-order valence-electron chi connectivity index (χ0n) is 28.9. The molecule has 0 unspecified atom stereocenters. The number of piperidine rings is 1. The van der Waals surface area contributed by atoms with E-state index in [1.54, 1.807) is 12.0 Å². The molecule has 3 aromatic carbocycles. The average Bonchev–Trinajstić information content (AvgIpc) is 3.90. The maximum Gasteiger partial charge on any atom is 0.410 e. The third-order valence-electron chi connectivity index (χ3n) is 8.95. The summed E-state index contributed by atoms with van der Waals surface area (Å²) in [7, 11) is 1.70. The molecule has 1 saturated carbocycles. The van der Waals surface area contributed by atoms with E-state index in [-0.39, 0.29) is 29.9 Å². The van der Waals surface area contributed by atoms with Crippen LogP contribution in [-0.2, 0) is 27.2 Å². The molecule has 0 spiro atoms. The molecule has 0 radical (unpaired) electrons. The van der Waals surface area contributed by atoms with E-state index in [1.165, 1.54) is 5.56 Å². The molecule has 7 nitrogen and oxygen atoms in total. The number of rotatable bonds is 13. The molecule has 47 heavy (non-hydrogen) atoms. The highest BCUT2D eigenvalue weighted by molar-refractivity contribution is 5.82. The Hall–Kier alpha value is -3.84. The zero-order chi connectivity index (χ0) is 33.4. The average molecular weight is 641 g/mol. The van der Waals surface area contributed by atoms with Gasteiger partial charge in [0.05, 0.1) is 12.5 Å². The van der Waals surface area contributed by atoms with Gasteiger partial charge in [0.2, 0.25) is 5.91 Å². The molecule has 0 bridgehead atoms. The Kier molecular flexibility index (Phi) is 11.6. The molecule has 0 N–H and O–H groups in total. The van der Waals surface area contributed by atoms with Crippen molar-refractivity contribution < 1.29 is 23.8 Å². The van der Waals surface area contributed by atoms with Crippen molar-refractivity contribution >= 4 is 12.0 Å². The van der Waals surface area contributed by atoms with Crippen molar-refractivity contribution in [3.63, 3.8) is 0 Å². The van der Waals surface area contributed by atoms with Crippen molar-refractivity contribution in [2.75, 3.05) is 33.4 Å². The van der Waals surface area contributed by atoms with Crippen LogP contribution < -0.4 is 4.74 Å². The third kappa shape index (κ3) is 9.60. The smallest absolute Gasteiger partial charge is 0.410 e. The van der Waals surface area contributed by atoms with Gasteiger partial charge in [-0.25, -0.2) is 4.79 Å². The lowest BCUT2D eigenvalue weighted by atomic mass is 9.79. The lowest BCUT2D eigenvalue weighted by Gasteiger charge is -2.40. The Morgan fingerprint density at radius 1 is 0.894 bits per heavy atom. The molecule has 0 aromatic heterocycles. The maximum absolute atomic E-state index is 14.8. The van der Waals surface area contributed by atoms with Crippen LogP contribution in [0.2, 0.25) is 0 Å². The van der Waals surface area contributed by atoms with E-state index in [0.717, 1.165) is 60.1 Å². The lowest BCUT2D eigenvalue weighted by Crippen LogP contribution is -2.51. The van der Waals surface area contributed by atoms with E-state index in [0.29, 0.717) is 39.3 Å². The summed E-state index contributed by atoms with van der Waals surface area (Å²) in [5, 5.41) is 0. The molecule has 2 aliphatic rings. The predicted molar refractivity (Wildman–Crippen MR) is 187 cm³/mol. The molecular weight excluding hydrogens is 588 g/mol. The van der Waals surface area contributed by atoms with E-state index < -0.39 is 5.60 Å². The van der Waals surface area contributed by atoms with Gasteiger partial charge < -0.3 is 24.0 Å². The molecule has 2 atom stereocenters. The monoisotopic (exact) mass is 640 g/mol. The maximum atomic E-state index is 14.8. The number of methoxy groups -OCH3 is 1. The second-order valence-electron chi connectivity index (χ2n) is 14.0. The van der Waals surface area contributed by atoms with Gasteiger partial charge in [-0.05, 0) is 92.3 Å². The van der Waals surface area contributed by atoms with Gasteiger partial charge in [0, 0.05) is 45.8 Å². The Morgan fingerprint density at radius 3 is 2.34 bits per heavy atom. The first-order valence-electron chi connectivity index (χ1n) is 17.3. The van der Waals surface area contributed by atoms with Gasteiger partial charge in [-0.3, -0.25) is 4.79 Å². The van der Waals surface area contributed by atoms with Crippen LogP contribution in [0.1, 0.15) is 82.4 Å². The topological polar surface area (TPSA) is 68.3 Å². The molecule has 1 heterocycles. The largest absolute Gasteiger partial charge is 0.493 e. The second kappa shape index (κ2) is 15.8. The Balaban J connectivity index is 1.44. The van der Waals surface area contributed by atoms with Gasteiger partial charge >= 0.3 is 6.09 Å². The summed E-state index contributed by atoms with van der Waals surface area (Å²) < 4.78 is 17.1. The first kappa shape index (κ1) is 34.5. The summed E-state index contributed by atoms with van der Waals surface area (Å²) in [5.41, 5.74) is 5.12. The van der Waals surface area contributed by atoms with Crippen LogP contribution in [0.4, 0.5) is 4.79 Å². The highest BCUT2D eigenvalue weighted by atomic mass is 16.6. The van der Waals surface area contributed by atoms with Gasteiger partial charge in [-0.1, -0.05) is 74.0 Å². The summed E-state index contributed by atoms with van der Waals surface area (Å²) in [6.07, 6.45) is 5.13. The summed E-state index contributed by atoms with van der Waals surface area (Å²) in [6.45, 7) is 10.5. The van der Waals surface area contributed by atoms with Crippen molar-refractivity contribution in [2.45, 2.75) is 90.3 Å². The number of likely N-dealkylation sites (tertiary alicyclic amines) is 1. The Morgan fingerprint density at radius 2 is 1.64 bits per heavy atom. The van der Waals surface area contributed by atoms with Gasteiger partial charge in [-0.15, -0.1) is 0 Å². The van der Waals surface area contributed by atoms with Crippen molar-refractivity contribution in [1.82, 2.24) is 9.80 Å². The fraction of sp³-hybridized carbons (Fsp3) is 0.500. The molecule has 2 amide bonds. The Bertz CT molecular complexity index is 1480. The molecule has 5 rings (SSSR count). The van der Waals surface area contributed by atoms with Crippen LogP contribution in [0.3, 0.4) is 0 Å². The highest BCUT2D eigenvalue weighted by Gasteiger charge is 2.43. The fourth-order valence-electron chi connectivity index (χ4n) is 6.59. The van der Waals surface area contributed by atoms with Crippen molar-refractivity contribution in [3.8, 4) is 16.9 Å². The normalized spacial score (nSPS) is 18.1. The lowest BCUT2D eigenvalue weighted by molar-refractivity contribution is -0.139. The standard InChI is InChI=1S/C40H52N2O5/c1-6-12-29-23-30(25-35(24-29)46-22-11-21-45-5)27-42(34-17-18-34)38(43)37-28-41(39(44)47-40(2,3)4)20-19-36(37)33-16-10-15-32(26-33)31-13-8-7-9-14-31/h7-10,13-16,23-26,34,36-37H,6,11-12,17-22,27-28H2,1-5H3/t36-,37+/m1/s1. The minimum absolute atomic E-state index is 0.0165. The van der Waals surface area contributed by atoms with Crippen LogP contribution >= 0.6 is 0 Å². The minimum atomic E-state index is -0.607. The third-order valence-corrected chi connectivity index (χ3v) is 8.95. The molecule has 252 valence electrons. The quantitative estimate of drug-likeness (QED) is 0.176. The van der Waals surface area contributed by atoms with E-state index >= 15 is 0 Å². The van der Waals surface area contributed by atoms with E-state index in [1.807, 2.05) is 39.0 Å². The number of aryl methyl sites for hydroxylation is 1. The number of ether oxygens (including phenoxy) is 3. The number of hydrogen-bond donors (Lipinski definition) is 0. The van der Waals surface area contributed by atoms with Crippen LogP contribution in [-0.4, -0.2) is 66.9 Å². The molecule has 2 fully saturated rings. The van der Waals surface area contributed by atoms with Crippen molar-refractivity contribution in [3.05, 3.63) is 89.5 Å². The summed E-state index contributed by atoms with van der Waals surface area (Å²) in [6, 6.07) is 25.6. The summed E-state index contributed by atoms with van der Waals surface area (Å²) in [5.74, 6) is 0.553. The van der Waals surface area contributed by atoms with Crippen LogP contribution in [0.15, 0.2) is 72.8 Å². The SMILES string of the molecule is CCCc1cc(CN(C(=O)[C@H]2CN(C(=O)OC(C)(C)C)CC[C@@H]2c2cccc(-c3ccccc3)c2)C2CC2)cc(OCCCOC)c1. The zero-order valence-corrected chi connectivity index (χ0v) is 28.9. The molecule has 1 aliphatic carbocycles. The fourth-order valence-corrected chi connectivity index (χ4v) is 6.59. The first-order valence-corrected chi connectivity index (χ1v) is 17.3. The molecule has 3 aromatic rings. The molecule has 7 heteroatoms. The van der Waals surface area contributed by atoms with E-state index in [9.17, 15) is 9.59 Å². The second-order valence-corrected chi connectivity index (χ2v) is 14.0. The van der Waals surface area contributed by atoms with E-state index in [4.69, 9.17) is 14.2 Å². The van der Waals surface area contributed by atoms with E-state index in [2.05, 4.69) is 66.4 Å². The number of nitrogens with zero attached hydrogens (tertiary/aromatic N) is 2. The van der Waals surface area contributed by atoms with Gasteiger partial charge in [0.25, 0.3) is 0 Å². The number of hydrogen-bond acceptors (Lipinski definition) is 5. The number of carbonyl (C=O) groups excluding carboxylic acids is 2. The van der Waals surface area contributed by atoms with Gasteiger partial charge in [0.15, 0.2) is 0 Å². The summed E-state index contributed by atoms with van der Waals surface area (Å²) >= 11 is 0. The molecular formula is C40H52N2O5. The van der Waals surface area contributed by atoms with Crippen LogP contribution in [0, 0.1) is 5.92 Å². The summed E-state index contributed by atoms with van der Waals surface area (Å²) in [4.78, 5) is 31.9.